The van der Waals surface area contributed by atoms with Crippen molar-refractivity contribution in [1.29, 1.82) is 0 Å². The highest BCUT2D eigenvalue weighted by Crippen LogP contribution is 2.18. The van der Waals surface area contributed by atoms with Gasteiger partial charge in [-0.1, -0.05) is 13.8 Å². The first kappa shape index (κ1) is 13.4. The van der Waals surface area contributed by atoms with Crippen LogP contribution in [-0.2, 0) is 17.3 Å². The lowest BCUT2D eigenvalue weighted by Crippen LogP contribution is -2.24. The second-order valence-electron chi connectivity index (χ2n) is 4.55. The van der Waals surface area contributed by atoms with E-state index >= 15 is 0 Å². The van der Waals surface area contributed by atoms with Gasteiger partial charge in [0.05, 0.1) is 12.0 Å². The molecule has 2 N–H and O–H groups in total. The zero-order chi connectivity index (χ0) is 12.3. The summed E-state index contributed by atoms with van der Waals surface area (Å²) in [7, 11) is -0.817. The Morgan fingerprint density at radius 2 is 2.12 bits per heavy atom. The number of rotatable bonds is 5. The molecule has 0 radical (unpaired) electrons. The fraction of sp³-hybridized carbons (Fsp3) is 0.727. The summed E-state index contributed by atoms with van der Waals surface area (Å²) in [6, 6.07) is -0.0139. The highest BCUT2D eigenvalue weighted by atomic mass is 32.2. The summed E-state index contributed by atoms with van der Waals surface area (Å²) in [4.78, 5) is 4.12. The minimum absolute atomic E-state index is 0.0139. The molecule has 3 atom stereocenters. The largest absolute Gasteiger partial charge is 0.332 e. The van der Waals surface area contributed by atoms with Crippen molar-refractivity contribution in [2.24, 2.45) is 11.7 Å². The maximum atomic E-state index is 11.3. The van der Waals surface area contributed by atoms with Crippen molar-refractivity contribution in [3.63, 3.8) is 0 Å². The molecule has 3 unspecified atom stereocenters. The predicted octanol–water partition coefficient (Wildman–Crippen LogP) is 1.31. The van der Waals surface area contributed by atoms with Gasteiger partial charge in [-0.25, -0.2) is 4.98 Å². The number of nitrogens with zero attached hydrogens (tertiary/aromatic N) is 2. The molecule has 92 valence electrons. The zero-order valence-corrected chi connectivity index (χ0v) is 11.2. The smallest absolute Gasteiger partial charge is 0.0949 e. The van der Waals surface area contributed by atoms with Crippen molar-refractivity contribution in [2.75, 3.05) is 6.26 Å². The molecule has 0 aliphatic rings. The lowest BCUT2D eigenvalue weighted by molar-refractivity contribution is 0.476. The minimum atomic E-state index is -0.817. The lowest BCUT2D eigenvalue weighted by Gasteiger charge is -2.19. The summed E-state index contributed by atoms with van der Waals surface area (Å²) < 4.78 is 13.3. The third-order valence-electron chi connectivity index (χ3n) is 2.82. The Bertz CT molecular complexity index is 362. The maximum absolute atomic E-state index is 11.3. The first-order valence-corrected chi connectivity index (χ1v) is 7.13. The van der Waals surface area contributed by atoms with E-state index in [0.29, 0.717) is 12.5 Å². The molecule has 0 saturated heterocycles. The first-order valence-electron chi connectivity index (χ1n) is 5.51. The van der Waals surface area contributed by atoms with Gasteiger partial charge in [0.15, 0.2) is 0 Å². The fourth-order valence-corrected chi connectivity index (χ4v) is 1.86. The van der Waals surface area contributed by atoms with Crippen LogP contribution < -0.4 is 5.73 Å². The van der Waals surface area contributed by atoms with Gasteiger partial charge in [-0.15, -0.1) is 0 Å². The van der Waals surface area contributed by atoms with Crippen LogP contribution in [0.4, 0.5) is 0 Å². The van der Waals surface area contributed by atoms with Gasteiger partial charge in [0, 0.05) is 41.1 Å². The molecule has 1 aromatic rings. The maximum Gasteiger partial charge on any atom is 0.0949 e. The SMILES string of the molecule is CC(C)C(N)c1cncn1CC(C)S(C)=O. The number of hydrogen-bond donors (Lipinski definition) is 1. The van der Waals surface area contributed by atoms with Crippen LogP contribution in [0.5, 0.6) is 0 Å². The van der Waals surface area contributed by atoms with Crippen LogP contribution in [-0.4, -0.2) is 25.3 Å². The minimum Gasteiger partial charge on any atom is -0.332 e. The molecule has 0 saturated carbocycles. The molecule has 0 amide bonds. The van der Waals surface area contributed by atoms with Gasteiger partial charge in [0.1, 0.15) is 0 Å². The Hall–Kier alpha value is -0.680. The van der Waals surface area contributed by atoms with Crippen LogP contribution in [0, 0.1) is 5.92 Å². The molecule has 0 aliphatic heterocycles. The standard InChI is InChI=1S/C11H21N3OS/c1-8(2)11(12)10-5-13-7-14(10)6-9(3)16(4)15/h5,7-9,11H,6,12H2,1-4H3. The summed E-state index contributed by atoms with van der Waals surface area (Å²) >= 11 is 0. The van der Waals surface area contributed by atoms with Crippen molar-refractivity contribution in [1.82, 2.24) is 9.55 Å². The quantitative estimate of drug-likeness (QED) is 0.848. The van der Waals surface area contributed by atoms with E-state index in [1.807, 2.05) is 11.5 Å². The van der Waals surface area contributed by atoms with E-state index in [0.717, 1.165) is 5.69 Å². The van der Waals surface area contributed by atoms with Crippen molar-refractivity contribution >= 4 is 10.8 Å². The predicted molar refractivity (Wildman–Crippen MR) is 67.5 cm³/mol. The summed E-state index contributed by atoms with van der Waals surface area (Å²) in [5.41, 5.74) is 7.12. The Kier molecular flexibility index (Phi) is 4.68. The van der Waals surface area contributed by atoms with Crippen molar-refractivity contribution in [3.05, 3.63) is 18.2 Å². The molecule has 0 aliphatic carbocycles. The molecule has 1 rings (SSSR count). The van der Waals surface area contributed by atoms with Crippen molar-refractivity contribution < 1.29 is 4.21 Å². The van der Waals surface area contributed by atoms with Crippen molar-refractivity contribution in [3.8, 4) is 0 Å². The molecule has 16 heavy (non-hydrogen) atoms. The molecule has 1 heterocycles. The number of aromatic nitrogens is 2. The normalized spacial score (nSPS) is 17.4. The van der Waals surface area contributed by atoms with Gasteiger partial charge < -0.3 is 10.3 Å². The molecular formula is C11H21N3OS. The molecule has 5 heteroatoms. The summed E-state index contributed by atoms with van der Waals surface area (Å²) in [6.45, 7) is 6.85. The first-order chi connectivity index (χ1) is 7.43. The highest BCUT2D eigenvalue weighted by Gasteiger charge is 2.17. The molecule has 1 aromatic heterocycles. The molecule has 0 spiro atoms. The van der Waals surface area contributed by atoms with Gasteiger partial charge >= 0.3 is 0 Å². The monoisotopic (exact) mass is 243 g/mol. The van der Waals surface area contributed by atoms with Crippen LogP contribution in [0.15, 0.2) is 12.5 Å². The van der Waals surface area contributed by atoms with E-state index in [2.05, 4.69) is 18.8 Å². The number of nitrogens with two attached hydrogens (primary N) is 1. The summed E-state index contributed by atoms with van der Waals surface area (Å²) in [6.07, 6.45) is 5.29. The molecule has 0 fully saturated rings. The third kappa shape index (κ3) is 3.15. The molecule has 4 nitrogen and oxygen atoms in total. The zero-order valence-electron chi connectivity index (χ0n) is 10.4. The molecular weight excluding hydrogens is 222 g/mol. The fourth-order valence-electron chi connectivity index (χ4n) is 1.48. The van der Waals surface area contributed by atoms with E-state index in [1.165, 1.54) is 0 Å². The molecule has 0 bridgehead atoms. The van der Waals surface area contributed by atoms with E-state index in [1.54, 1.807) is 18.8 Å². The highest BCUT2D eigenvalue weighted by molar-refractivity contribution is 7.84. The molecule has 0 aromatic carbocycles. The van der Waals surface area contributed by atoms with Crippen LogP contribution >= 0.6 is 0 Å². The summed E-state index contributed by atoms with van der Waals surface area (Å²) in [5.74, 6) is 0.373. The average molecular weight is 243 g/mol. The Morgan fingerprint density at radius 3 is 2.62 bits per heavy atom. The Labute approximate surface area is 99.7 Å². The van der Waals surface area contributed by atoms with Crippen LogP contribution in [0.25, 0.3) is 0 Å². The number of hydrogen-bond acceptors (Lipinski definition) is 3. The van der Waals surface area contributed by atoms with Gasteiger partial charge in [-0.2, -0.15) is 0 Å². The van der Waals surface area contributed by atoms with Crippen LogP contribution in [0.1, 0.15) is 32.5 Å². The lowest BCUT2D eigenvalue weighted by atomic mass is 10.0. The van der Waals surface area contributed by atoms with Crippen molar-refractivity contribution in [2.45, 2.75) is 38.6 Å². The Morgan fingerprint density at radius 1 is 1.50 bits per heavy atom. The Balaban J connectivity index is 2.82. The van der Waals surface area contributed by atoms with Gasteiger partial charge in [-0.05, 0) is 12.8 Å². The van der Waals surface area contributed by atoms with E-state index < -0.39 is 10.8 Å². The van der Waals surface area contributed by atoms with Gasteiger partial charge in [-0.3, -0.25) is 4.21 Å². The third-order valence-corrected chi connectivity index (χ3v) is 4.11. The van der Waals surface area contributed by atoms with Crippen LogP contribution in [0.2, 0.25) is 0 Å². The second-order valence-corrected chi connectivity index (χ2v) is 6.35. The topological polar surface area (TPSA) is 60.9 Å². The van der Waals surface area contributed by atoms with Gasteiger partial charge in [0.25, 0.3) is 0 Å². The van der Waals surface area contributed by atoms with Gasteiger partial charge in [0.2, 0.25) is 0 Å². The van der Waals surface area contributed by atoms with E-state index in [9.17, 15) is 4.21 Å². The van der Waals surface area contributed by atoms with E-state index in [-0.39, 0.29) is 11.3 Å². The van der Waals surface area contributed by atoms with E-state index in [4.69, 9.17) is 5.73 Å². The second kappa shape index (κ2) is 5.59. The summed E-state index contributed by atoms with van der Waals surface area (Å²) in [5, 5.41) is 0.118. The van der Waals surface area contributed by atoms with Crippen LogP contribution in [0.3, 0.4) is 0 Å². The average Bonchev–Trinajstić information content (AvgIpc) is 2.64. The number of imidazole rings is 1.